The van der Waals surface area contributed by atoms with Crippen molar-refractivity contribution in [3.8, 4) is 0 Å². The number of hydrogen-bond donors (Lipinski definition) is 1. The van der Waals surface area contributed by atoms with Gasteiger partial charge < -0.3 is 10.2 Å². The highest BCUT2D eigenvalue weighted by atomic mass is 15.1. The molecule has 1 atom stereocenters. The van der Waals surface area contributed by atoms with Crippen LogP contribution in [0, 0.1) is 0 Å². The average molecular weight is 228 g/mol. The van der Waals surface area contributed by atoms with E-state index in [0.29, 0.717) is 6.04 Å². The molecule has 1 unspecified atom stereocenters. The molecule has 16 heavy (non-hydrogen) atoms. The average Bonchev–Trinajstić information content (AvgIpc) is 2.31. The highest BCUT2D eigenvalue weighted by Crippen LogP contribution is 2.01. The van der Waals surface area contributed by atoms with Gasteiger partial charge in [-0.05, 0) is 33.4 Å². The summed E-state index contributed by atoms with van der Waals surface area (Å²) in [5.41, 5.74) is 0. The standard InChI is InChI=1S/C14H32N2/c1-5-7-8-9-10-11-15-12-13-16(4)14(3)6-2/h14-15H,5-13H2,1-4H3. The zero-order valence-corrected chi connectivity index (χ0v) is 11.9. The van der Waals surface area contributed by atoms with Crippen molar-refractivity contribution < 1.29 is 0 Å². The Labute approximate surface area is 103 Å². The fourth-order valence-electron chi connectivity index (χ4n) is 1.77. The third-order valence-corrected chi connectivity index (χ3v) is 3.44. The first-order chi connectivity index (χ1) is 7.72. The van der Waals surface area contributed by atoms with Crippen molar-refractivity contribution in [2.45, 2.75) is 65.3 Å². The number of nitrogens with one attached hydrogen (secondary N) is 1. The van der Waals surface area contributed by atoms with Crippen LogP contribution in [0.5, 0.6) is 0 Å². The van der Waals surface area contributed by atoms with E-state index in [0.717, 1.165) is 6.54 Å². The van der Waals surface area contributed by atoms with Crippen molar-refractivity contribution in [1.82, 2.24) is 10.2 Å². The second kappa shape index (κ2) is 11.4. The molecule has 2 heteroatoms. The Hall–Kier alpha value is -0.0800. The van der Waals surface area contributed by atoms with Gasteiger partial charge in [0.25, 0.3) is 0 Å². The fraction of sp³-hybridized carbons (Fsp3) is 1.00. The summed E-state index contributed by atoms with van der Waals surface area (Å²) in [5, 5.41) is 3.53. The monoisotopic (exact) mass is 228 g/mol. The molecule has 0 aliphatic rings. The Kier molecular flexibility index (Phi) is 11.3. The third-order valence-electron chi connectivity index (χ3n) is 3.44. The number of rotatable bonds is 11. The molecule has 0 amide bonds. The van der Waals surface area contributed by atoms with E-state index in [1.165, 1.54) is 51.6 Å². The van der Waals surface area contributed by atoms with Crippen LogP contribution in [-0.2, 0) is 0 Å². The summed E-state index contributed by atoms with van der Waals surface area (Å²) in [4.78, 5) is 2.43. The predicted molar refractivity (Wildman–Crippen MR) is 74.0 cm³/mol. The van der Waals surface area contributed by atoms with Gasteiger partial charge in [-0.2, -0.15) is 0 Å². The number of unbranched alkanes of at least 4 members (excludes halogenated alkanes) is 4. The molecular formula is C14H32N2. The van der Waals surface area contributed by atoms with Crippen LogP contribution in [0.1, 0.15) is 59.3 Å². The normalized spacial score (nSPS) is 13.3. The molecule has 0 saturated carbocycles. The number of likely N-dealkylation sites (N-methyl/N-ethyl adjacent to an activating group) is 1. The topological polar surface area (TPSA) is 15.3 Å². The van der Waals surface area contributed by atoms with E-state index in [1.807, 2.05) is 0 Å². The Balaban J connectivity index is 3.14. The Morgan fingerprint density at radius 3 is 2.31 bits per heavy atom. The molecule has 0 spiro atoms. The predicted octanol–water partition coefficient (Wildman–Crippen LogP) is 3.28. The van der Waals surface area contributed by atoms with E-state index in [-0.39, 0.29) is 0 Å². The molecule has 0 aliphatic heterocycles. The minimum absolute atomic E-state index is 0.714. The molecule has 0 rings (SSSR count). The quantitative estimate of drug-likeness (QED) is 0.546. The van der Waals surface area contributed by atoms with Gasteiger partial charge in [-0.3, -0.25) is 0 Å². The maximum absolute atomic E-state index is 3.53. The molecule has 1 N–H and O–H groups in total. The SMILES string of the molecule is CCCCCCCNCCN(C)C(C)CC. The molecule has 0 aromatic rings. The van der Waals surface area contributed by atoms with Crippen molar-refractivity contribution in [1.29, 1.82) is 0 Å². The maximum Gasteiger partial charge on any atom is 0.0107 e. The summed E-state index contributed by atoms with van der Waals surface area (Å²) >= 11 is 0. The second-order valence-corrected chi connectivity index (χ2v) is 4.90. The van der Waals surface area contributed by atoms with Crippen LogP contribution in [0.3, 0.4) is 0 Å². The van der Waals surface area contributed by atoms with Crippen molar-refractivity contribution in [2.24, 2.45) is 0 Å². The minimum Gasteiger partial charge on any atom is -0.315 e. The van der Waals surface area contributed by atoms with Crippen LogP contribution >= 0.6 is 0 Å². The van der Waals surface area contributed by atoms with Gasteiger partial charge in [0.15, 0.2) is 0 Å². The highest BCUT2D eigenvalue weighted by molar-refractivity contribution is 4.62. The number of hydrogen-bond acceptors (Lipinski definition) is 2. The van der Waals surface area contributed by atoms with Crippen molar-refractivity contribution in [2.75, 3.05) is 26.7 Å². The largest absolute Gasteiger partial charge is 0.315 e. The van der Waals surface area contributed by atoms with Gasteiger partial charge in [0.2, 0.25) is 0 Å². The summed E-state index contributed by atoms with van der Waals surface area (Å²) < 4.78 is 0. The Morgan fingerprint density at radius 1 is 1.00 bits per heavy atom. The van der Waals surface area contributed by atoms with Gasteiger partial charge in [0, 0.05) is 19.1 Å². The summed E-state index contributed by atoms with van der Waals surface area (Å²) in [6, 6.07) is 0.714. The smallest absolute Gasteiger partial charge is 0.0107 e. The van der Waals surface area contributed by atoms with Crippen LogP contribution in [0.25, 0.3) is 0 Å². The first kappa shape index (κ1) is 15.9. The molecule has 0 radical (unpaired) electrons. The lowest BCUT2D eigenvalue weighted by molar-refractivity contribution is 0.252. The lowest BCUT2D eigenvalue weighted by Crippen LogP contribution is -2.35. The van der Waals surface area contributed by atoms with E-state index >= 15 is 0 Å². The molecular weight excluding hydrogens is 196 g/mol. The van der Waals surface area contributed by atoms with E-state index in [9.17, 15) is 0 Å². The van der Waals surface area contributed by atoms with E-state index in [1.54, 1.807) is 0 Å². The van der Waals surface area contributed by atoms with Crippen molar-refractivity contribution in [3.63, 3.8) is 0 Å². The maximum atomic E-state index is 3.53. The molecule has 0 aliphatic carbocycles. The van der Waals surface area contributed by atoms with E-state index < -0.39 is 0 Å². The van der Waals surface area contributed by atoms with Gasteiger partial charge in [-0.15, -0.1) is 0 Å². The van der Waals surface area contributed by atoms with Gasteiger partial charge in [-0.1, -0.05) is 39.5 Å². The van der Waals surface area contributed by atoms with Crippen LogP contribution in [0.4, 0.5) is 0 Å². The van der Waals surface area contributed by atoms with Gasteiger partial charge in [-0.25, -0.2) is 0 Å². The summed E-state index contributed by atoms with van der Waals surface area (Å²) in [6.07, 6.45) is 8.12. The molecule has 0 bridgehead atoms. The molecule has 0 heterocycles. The molecule has 0 aromatic carbocycles. The van der Waals surface area contributed by atoms with Crippen LogP contribution < -0.4 is 5.32 Å². The van der Waals surface area contributed by atoms with Crippen LogP contribution in [0.15, 0.2) is 0 Å². The van der Waals surface area contributed by atoms with E-state index in [4.69, 9.17) is 0 Å². The summed E-state index contributed by atoms with van der Waals surface area (Å²) in [7, 11) is 2.22. The van der Waals surface area contributed by atoms with Gasteiger partial charge >= 0.3 is 0 Å². The van der Waals surface area contributed by atoms with Gasteiger partial charge in [0.05, 0.1) is 0 Å². The zero-order chi connectivity index (χ0) is 12.2. The molecule has 98 valence electrons. The Bertz CT molecular complexity index is 137. The highest BCUT2D eigenvalue weighted by Gasteiger charge is 2.04. The second-order valence-electron chi connectivity index (χ2n) is 4.90. The lowest BCUT2D eigenvalue weighted by Gasteiger charge is -2.23. The zero-order valence-electron chi connectivity index (χ0n) is 11.9. The third kappa shape index (κ3) is 9.17. The van der Waals surface area contributed by atoms with E-state index in [2.05, 4.69) is 38.0 Å². The Morgan fingerprint density at radius 2 is 1.69 bits per heavy atom. The molecule has 0 saturated heterocycles. The summed E-state index contributed by atoms with van der Waals surface area (Å²) in [5.74, 6) is 0. The van der Waals surface area contributed by atoms with Crippen molar-refractivity contribution >= 4 is 0 Å². The minimum atomic E-state index is 0.714. The number of nitrogens with zero attached hydrogens (tertiary/aromatic N) is 1. The fourth-order valence-corrected chi connectivity index (χ4v) is 1.77. The first-order valence-electron chi connectivity index (χ1n) is 7.13. The van der Waals surface area contributed by atoms with Crippen LogP contribution in [0.2, 0.25) is 0 Å². The molecule has 0 fully saturated rings. The van der Waals surface area contributed by atoms with Gasteiger partial charge in [0.1, 0.15) is 0 Å². The first-order valence-corrected chi connectivity index (χ1v) is 7.13. The van der Waals surface area contributed by atoms with Crippen molar-refractivity contribution in [3.05, 3.63) is 0 Å². The van der Waals surface area contributed by atoms with Crippen LogP contribution in [-0.4, -0.2) is 37.6 Å². The summed E-state index contributed by atoms with van der Waals surface area (Å²) in [6.45, 7) is 10.3. The molecule has 0 aromatic heterocycles. The molecule has 2 nitrogen and oxygen atoms in total. The lowest BCUT2D eigenvalue weighted by atomic mass is 10.1.